The van der Waals surface area contributed by atoms with Crippen LogP contribution >= 0.6 is 0 Å². The monoisotopic (exact) mass is 375 g/mol. The second-order valence-corrected chi connectivity index (χ2v) is 6.46. The van der Waals surface area contributed by atoms with Crippen LogP contribution in [0.15, 0.2) is 73.2 Å². The summed E-state index contributed by atoms with van der Waals surface area (Å²) in [5.74, 6) is 0.418. The van der Waals surface area contributed by atoms with E-state index in [1.807, 2.05) is 24.3 Å². The van der Waals surface area contributed by atoms with E-state index in [2.05, 4.69) is 10.2 Å². The number of Topliss-reactive ketones (excluding diaryl/α,β-unsaturated/α-hetero) is 1. The molecule has 0 saturated carbocycles. The van der Waals surface area contributed by atoms with E-state index < -0.39 is 0 Å². The fourth-order valence-corrected chi connectivity index (χ4v) is 2.96. The van der Waals surface area contributed by atoms with E-state index in [1.165, 1.54) is 6.07 Å². The molecule has 2 aromatic heterocycles. The minimum Gasteiger partial charge on any atom is -0.489 e. The van der Waals surface area contributed by atoms with Gasteiger partial charge in [0.15, 0.2) is 11.4 Å². The van der Waals surface area contributed by atoms with E-state index in [0.717, 1.165) is 5.56 Å². The number of aromatic nitrogens is 3. The molecule has 0 fully saturated rings. The summed E-state index contributed by atoms with van der Waals surface area (Å²) >= 11 is 0. The molecule has 0 atom stereocenters. The SMILES string of the molecule is O=C(CCc1cccc(OCc2ccccc2F)c1)c1ccc2nncn2c1. The van der Waals surface area contributed by atoms with Crippen molar-refractivity contribution in [2.75, 3.05) is 0 Å². The maximum Gasteiger partial charge on any atom is 0.164 e. The van der Waals surface area contributed by atoms with E-state index in [4.69, 9.17) is 4.74 Å². The molecule has 2 heterocycles. The van der Waals surface area contributed by atoms with Crippen LogP contribution in [-0.2, 0) is 13.0 Å². The maximum absolute atomic E-state index is 13.7. The number of aryl methyl sites for hydroxylation is 1. The highest BCUT2D eigenvalue weighted by molar-refractivity contribution is 5.96. The van der Waals surface area contributed by atoms with Crippen LogP contribution in [0, 0.1) is 5.82 Å². The first-order chi connectivity index (χ1) is 13.7. The number of benzene rings is 2. The Morgan fingerprint density at radius 3 is 2.86 bits per heavy atom. The smallest absolute Gasteiger partial charge is 0.164 e. The average Bonchev–Trinajstić information content (AvgIpc) is 3.19. The van der Waals surface area contributed by atoms with Gasteiger partial charge in [-0.2, -0.15) is 0 Å². The van der Waals surface area contributed by atoms with Gasteiger partial charge in [-0.05, 0) is 42.3 Å². The van der Waals surface area contributed by atoms with Crippen molar-refractivity contribution in [1.29, 1.82) is 0 Å². The Hall–Kier alpha value is -3.54. The number of fused-ring (bicyclic) bond motifs is 1. The molecule has 0 bridgehead atoms. The van der Waals surface area contributed by atoms with Crippen LogP contribution < -0.4 is 4.74 Å². The van der Waals surface area contributed by atoms with E-state index in [-0.39, 0.29) is 18.2 Å². The summed E-state index contributed by atoms with van der Waals surface area (Å²) in [6.07, 6.45) is 4.29. The van der Waals surface area contributed by atoms with Gasteiger partial charge in [0.25, 0.3) is 0 Å². The molecule has 0 spiro atoms. The van der Waals surface area contributed by atoms with Crippen molar-refractivity contribution in [3.63, 3.8) is 0 Å². The number of nitrogens with zero attached hydrogens (tertiary/aromatic N) is 3. The summed E-state index contributed by atoms with van der Waals surface area (Å²) in [4.78, 5) is 12.5. The van der Waals surface area contributed by atoms with E-state index in [0.29, 0.717) is 35.4 Å². The predicted octanol–water partition coefficient (Wildman–Crippen LogP) is 4.26. The Morgan fingerprint density at radius 1 is 1.07 bits per heavy atom. The molecule has 28 heavy (non-hydrogen) atoms. The van der Waals surface area contributed by atoms with Gasteiger partial charge in [-0.1, -0.05) is 30.3 Å². The van der Waals surface area contributed by atoms with Crippen molar-refractivity contribution in [2.45, 2.75) is 19.4 Å². The van der Waals surface area contributed by atoms with Gasteiger partial charge >= 0.3 is 0 Å². The fourth-order valence-electron chi connectivity index (χ4n) is 2.96. The van der Waals surface area contributed by atoms with Gasteiger partial charge < -0.3 is 4.74 Å². The van der Waals surface area contributed by atoms with Crippen LogP contribution in [0.3, 0.4) is 0 Å². The number of pyridine rings is 1. The molecule has 0 aliphatic carbocycles. The highest BCUT2D eigenvalue weighted by Gasteiger charge is 2.09. The second-order valence-electron chi connectivity index (χ2n) is 6.46. The Labute approximate surface area is 161 Å². The lowest BCUT2D eigenvalue weighted by molar-refractivity contribution is 0.0982. The van der Waals surface area contributed by atoms with Crippen molar-refractivity contribution < 1.29 is 13.9 Å². The first-order valence-corrected chi connectivity index (χ1v) is 8.97. The summed E-state index contributed by atoms with van der Waals surface area (Å²) in [7, 11) is 0. The van der Waals surface area contributed by atoms with Crippen LogP contribution in [0.4, 0.5) is 4.39 Å². The molecule has 0 aliphatic rings. The molecule has 0 radical (unpaired) electrons. The molecule has 5 nitrogen and oxygen atoms in total. The number of halogens is 1. The first kappa shape index (κ1) is 17.9. The third-order valence-electron chi connectivity index (χ3n) is 4.50. The van der Waals surface area contributed by atoms with E-state index in [9.17, 15) is 9.18 Å². The van der Waals surface area contributed by atoms with E-state index >= 15 is 0 Å². The number of hydrogen-bond donors (Lipinski definition) is 0. The van der Waals surface area contributed by atoms with Crippen LogP contribution in [-0.4, -0.2) is 20.4 Å². The van der Waals surface area contributed by atoms with Gasteiger partial charge in [-0.25, -0.2) is 4.39 Å². The number of rotatable bonds is 7. The fraction of sp³-hybridized carbons (Fsp3) is 0.136. The van der Waals surface area contributed by atoms with Gasteiger partial charge in [0.1, 0.15) is 24.5 Å². The molecule has 6 heteroatoms. The quantitative estimate of drug-likeness (QED) is 0.453. The maximum atomic E-state index is 13.7. The van der Waals surface area contributed by atoms with E-state index in [1.54, 1.807) is 47.3 Å². The average molecular weight is 375 g/mol. The summed E-state index contributed by atoms with van der Waals surface area (Å²) in [5.41, 5.74) is 2.83. The lowest BCUT2D eigenvalue weighted by atomic mass is 10.0. The highest BCUT2D eigenvalue weighted by Crippen LogP contribution is 2.18. The Balaban J connectivity index is 1.37. The van der Waals surface area contributed by atoms with Gasteiger partial charge in [-0.3, -0.25) is 9.20 Å². The number of hydrogen-bond acceptors (Lipinski definition) is 4. The molecule has 2 aromatic carbocycles. The number of carbonyl (C=O) groups excluding carboxylic acids is 1. The molecule has 0 saturated heterocycles. The van der Waals surface area contributed by atoms with Crippen molar-refractivity contribution >= 4 is 11.4 Å². The van der Waals surface area contributed by atoms with Crippen LogP contribution in [0.5, 0.6) is 5.75 Å². The Bertz CT molecular complexity index is 1120. The summed E-state index contributed by atoms with van der Waals surface area (Å²) in [6.45, 7) is 0.161. The first-order valence-electron chi connectivity index (χ1n) is 8.97. The third-order valence-corrected chi connectivity index (χ3v) is 4.50. The zero-order chi connectivity index (χ0) is 19.3. The van der Waals surface area contributed by atoms with Gasteiger partial charge in [-0.15, -0.1) is 10.2 Å². The largest absolute Gasteiger partial charge is 0.489 e. The predicted molar refractivity (Wildman–Crippen MR) is 103 cm³/mol. The third kappa shape index (κ3) is 4.06. The van der Waals surface area contributed by atoms with Crippen LogP contribution in [0.1, 0.15) is 27.9 Å². The minimum atomic E-state index is -0.283. The van der Waals surface area contributed by atoms with Crippen LogP contribution in [0.2, 0.25) is 0 Å². The van der Waals surface area contributed by atoms with Gasteiger partial charge in [0, 0.05) is 23.7 Å². The molecule has 0 N–H and O–H groups in total. The molecule has 140 valence electrons. The molecule has 4 rings (SSSR count). The Morgan fingerprint density at radius 2 is 1.96 bits per heavy atom. The Kier molecular flexibility index (Phi) is 5.10. The summed E-state index contributed by atoms with van der Waals surface area (Å²) < 4.78 is 21.1. The zero-order valence-corrected chi connectivity index (χ0v) is 15.1. The van der Waals surface area contributed by atoms with Gasteiger partial charge in [0.2, 0.25) is 0 Å². The summed E-state index contributed by atoms with van der Waals surface area (Å²) in [6, 6.07) is 17.6. The topological polar surface area (TPSA) is 56.5 Å². The molecule has 0 aliphatic heterocycles. The highest BCUT2D eigenvalue weighted by atomic mass is 19.1. The number of carbonyl (C=O) groups is 1. The molecule has 0 unspecified atom stereocenters. The minimum absolute atomic E-state index is 0.0493. The van der Waals surface area contributed by atoms with Crippen molar-refractivity contribution in [3.05, 3.63) is 95.7 Å². The van der Waals surface area contributed by atoms with Crippen molar-refractivity contribution in [1.82, 2.24) is 14.6 Å². The lowest BCUT2D eigenvalue weighted by Crippen LogP contribution is -2.03. The van der Waals surface area contributed by atoms with Crippen LogP contribution in [0.25, 0.3) is 5.65 Å². The normalized spacial score (nSPS) is 10.9. The van der Waals surface area contributed by atoms with Crippen molar-refractivity contribution in [3.8, 4) is 5.75 Å². The molecular formula is C22H18FN3O2. The second kappa shape index (κ2) is 8.00. The standard InChI is InChI=1S/C22H18FN3O2/c23-20-7-2-1-5-18(20)14-28-19-6-3-4-16(12-19)8-10-21(27)17-9-11-22-25-24-15-26(22)13-17/h1-7,9,11-13,15H,8,10,14H2. The number of ether oxygens (including phenoxy) is 1. The van der Waals surface area contributed by atoms with Crippen molar-refractivity contribution in [2.24, 2.45) is 0 Å². The summed E-state index contributed by atoms with van der Waals surface area (Å²) in [5, 5.41) is 7.75. The van der Waals surface area contributed by atoms with Gasteiger partial charge in [0.05, 0.1) is 0 Å². The lowest BCUT2D eigenvalue weighted by Gasteiger charge is -2.09. The molecular weight excluding hydrogens is 357 g/mol. The molecule has 4 aromatic rings. The molecule has 0 amide bonds. The zero-order valence-electron chi connectivity index (χ0n) is 15.1. The number of ketones is 1.